The highest BCUT2D eigenvalue weighted by molar-refractivity contribution is 7.91. The van der Waals surface area contributed by atoms with Crippen molar-refractivity contribution in [2.24, 2.45) is 0 Å². The molecule has 2 atom stereocenters. The molecule has 0 aliphatic rings. The van der Waals surface area contributed by atoms with Crippen molar-refractivity contribution in [3.05, 3.63) is 29.8 Å². The molecule has 1 rings (SSSR count). The van der Waals surface area contributed by atoms with Crippen LogP contribution >= 0.6 is 0 Å². The molecule has 0 unspecified atom stereocenters. The van der Waals surface area contributed by atoms with Crippen molar-refractivity contribution in [2.45, 2.75) is 11.4 Å². The summed E-state index contributed by atoms with van der Waals surface area (Å²) < 4.78 is 27.7. The molecule has 6 heteroatoms. The molecule has 0 fully saturated rings. The van der Waals surface area contributed by atoms with Gasteiger partial charge in [0, 0.05) is 6.26 Å². The summed E-state index contributed by atoms with van der Waals surface area (Å²) in [4.78, 5) is 0. The summed E-state index contributed by atoms with van der Waals surface area (Å²) in [6.07, 6.45) is -0.262. The highest BCUT2D eigenvalue weighted by atomic mass is 32.2. The molecule has 17 heavy (non-hydrogen) atoms. The van der Waals surface area contributed by atoms with Gasteiger partial charge in [-0.25, -0.2) is 8.42 Å². The van der Waals surface area contributed by atoms with E-state index in [1.807, 2.05) is 0 Å². The van der Waals surface area contributed by atoms with Crippen molar-refractivity contribution in [1.29, 1.82) is 0 Å². The number of benzene rings is 1. The van der Waals surface area contributed by atoms with Gasteiger partial charge in [0.2, 0.25) is 0 Å². The summed E-state index contributed by atoms with van der Waals surface area (Å²) in [6, 6.07) is 6.37. The minimum atomic E-state index is -3.51. The monoisotopic (exact) mass is 260 g/mol. The molecule has 0 saturated heterocycles. The van der Waals surface area contributed by atoms with Crippen LogP contribution in [0.1, 0.15) is 11.7 Å². The predicted octanol–water partition coefficient (Wildman–Crippen LogP) is 0.134. The molecule has 1 aromatic rings. The van der Waals surface area contributed by atoms with Crippen molar-refractivity contribution < 1.29 is 23.4 Å². The summed E-state index contributed by atoms with van der Waals surface area (Å²) in [5.41, 5.74) is 0.426. The van der Waals surface area contributed by atoms with Gasteiger partial charge in [-0.2, -0.15) is 0 Å². The highest BCUT2D eigenvalue weighted by Gasteiger charge is 2.29. The Kier molecular flexibility index (Phi) is 4.50. The minimum Gasteiger partial charge on any atom is -0.497 e. The van der Waals surface area contributed by atoms with Crippen LogP contribution in [-0.4, -0.2) is 43.9 Å². The molecule has 0 radical (unpaired) electrons. The second-order valence-electron chi connectivity index (χ2n) is 3.77. The third kappa shape index (κ3) is 3.42. The average molecular weight is 260 g/mol. The Balaban J connectivity index is 2.98. The Morgan fingerprint density at radius 1 is 1.29 bits per heavy atom. The molecular weight excluding hydrogens is 244 g/mol. The maximum atomic E-state index is 11.4. The van der Waals surface area contributed by atoms with Gasteiger partial charge in [-0.15, -0.1) is 0 Å². The Morgan fingerprint density at radius 3 is 2.18 bits per heavy atom. The quantitative estimate of drug-likeness (QED) is 0.786. The second-order valence-corrected chi connectivity index (χ2v) is 6.03. The third-order valence-corrected chi connectivity index (χ3v) is 4.05. The molecule has 0 aromatic heterocycles. The number of rotatable bonds is 5. The van der Waals surface area contributed by atoms with Crippen LogP contribution in [-0.2, 0) is 9.84 Å². The molecule has 0 bridgehead atoms. The van der Waals surface area contributed by atoms with Crippen LogP contribution in [0.2, 0.25) is 0 Å². The number of aliphatic hydroxyl groups is 2. The van der Waals surface area contributed by atoms with E-state index in [1.54, 1.807) is 24.3 Å². The zero-order valence-corrected chi connectivity index (χ0v) is 10.5. The van der Waals surface area contributed by atoms with Gasteiger partial charge >= 0.3 is 0 Å². The maximum absolute atomic E-state index is 11.4. The van der Waals surface area contributed by atoms with Gasteiger partial charge in [-0.1, -0.05) is 12.1 Å². The molecule has 1 aromatic carbocycles. The van der Waals surface area contributed by atoms with Crippen LogP contribution in [0.25, 0.3) is 0 Å². The topological polar surface area (TPSA) is 83.8 Å². The number of methoxy groups -OCH3 is 1. The lowest BCUT2D eigenvalue weighted by Crippen LogP contribution is -2.31. The first kappa shape index (κ1) is 14.0. The molecule has 0 saturated carbocycles. The molecule has 0 heterocycles. The largest absolute Gasteiger partial charge is 0.497 e. The maximum Gasteiger partial charge on any atom is 0.155 e. The predicted molar refractivity (Wildman–Crippen MR) is 63.7 cm³/mol. The number of hydrogen-bond donors (Lipinski definition) is 2. The second kappa shape index (κ2) is 5.48. The standard InChI is InChI=1S/C11H16O5S/c1-16-9-5-3-8(4-6-9)11(13)10(7-12)17(2,14)15/h3-6,10-13H,7H2,1-2H3/t10-,11-/m0/s1. The van der Waals surface area contributed by atoms with Gasteiger partial charge in [0.1, 0.15) is 11.0 Å². The molecule has 0 amide bonds. The lowest BCUT2D eigenvalue weighted by molar-refractivity contribution is 0.138. The van der Waals surface area contributed by atoms with Gasteiger partial charge in [-0.05, 0) is 17.7 Å². The van der Waals surface area contributed by atoms with E-state index >= 15 is 0 Å². The van der Waals surface area contributed by atoms with Crippen molar-refractivity contribution in [1.82, 2.24) is 0 Å². The molecule has 0 aliphatic heterocycles. The fourth-order valence-electron chi connectivity index (χ4n) is 1.49. The summed E-state index contributed by atoms with van der Waals surface area (Å²) in [6.45, 7) is -0.619. The highest BCUT2D eigenvalue weighted by Crippen LogP contribution is 2.23. The molecule has 5 nitrogen and oxygen atoms in total. The van der Waals surface area contributed by atoms with Crippen LogP contribution in [0.3, 0.4) is 0 Å². The summed E-state index contributed by atoms with van der Waals surface area (Å²) >= 11 is 0. The van der Waals surface area contributed by atoms with E-state index in [0.29, 0.717) is 11.3 Å². The Morgan fingerprint density at radius 2 is 1.82 bits per heavy atom. The minimum absolute atomic E-state index is 0.426. The Bertz CT molecular complexity index is 451. The van der Waals surface area contributed by atoms with E-state index in [2.05, 4.69) is 0 Å². The summed E-state index contributed by atoms with van der Waals surface area (Å²) in [7, 11) is -2.00. The van der Waals surface area contributed by atoms with Gasteiger partial charge in [0.25, 0.3) is 0 Å². The van der Waals surface area contributed by atoms with E-state index in [-0.39, 0.29) is 0 Å². The van der Waals surface area contributed by atoms with Gasteiger partial charge in [-0.3, -0.25) is 0 Å². The van der Waals surface area contributed by atoms with Crippen molar-refractivity contribution in [2.75, 3.05) is 20.0 Å². The van der Waals surface area contributed by atoms with Crippen molar-refractivity contribution in [3.8, 4) is 5.75 Å². The molecule has 0 aliphatic carbocycles. The van der Waals surface area contributed by atoms with Crippen LogP contribution in [0, 0.1) is 0 Å². The first-order valence-electron chi connectivity index (χ1n) is 5.02. The fourth-order valence-corrected chi connectivity index (χ4v) is 2.38. The average Bonchev–Trinajstić information content (AvgIpc) is 2.28. The third-order valence-electron chi connectivity index (χ3n) is 2.54. The van der Waals surface area contributed by atoms with Crippen LogP contribution in [0.5, 0.6) is 5.75 Å². The van der Waals surface area contributed by atoms with Gasteiger partial charge in [0.15, 0.2) is 9.84 Å². The van der Waals surface area contributed by atoms with Crippen LogP contribution in [0.4, 0.5) is 0 Å². The lowest BCUT2D eigenvalue weighted by atomic mass is 10.1. The van der Waals surface area contributed by atoms with Crippen LogP contribution in [0.15, 0.2) is 24.3 Å². The summed E-state index contributed by atoms with van der Waals surface area (Å²) in [5, 5.41) is 17.7. The van der Waals surface area contributed by atoms with E-state index in [4.69, 9.17) is 9.84 Å². The first-order chi connectivity index (χ1) is 7.90. The molecular formula is C11H16O5S. The smallest absolute Gasteiger partial charge is 0.155 e. The Hall–Kier alpha value is -1.11. The molecule has 2 N–H and O–H groups in total. The van der Waals surface area contributed by atoms with Crippen LogP contribution < -0.4 is 4.74 Å². The normalized spacial score (nSPS) is 15.3. The number of sulfone groups is 1. The van der Waals surface area contributed by atoms with Gasteiger partial charge < -0.3 is 14.9 Å². The first-order valence-corrected chi connectivity index (χ1v) is 6.97. The number of ether oxygens (including phenoxy) is 1. The van der Waals surface area contributed by atoms with Crippen molar-refractivity contribution in [3.63, 3.8) is 0 Å². The van der Waals surface area contributed by atoms with E-state index in [9.17, 15) is 13.5 Å². The van der Waals surface area contributed by atoms with E-state index in [1.165, 1.54) is 7.11 Å². The van der Waals surface area contributed by atoms with Gasteiger partial charge in [0.05, 0.1) is 19.8 Å². The van der Waals surface area contributed by atoms with Crippen molar-refractivity contribution >= 4 is 9.84 Å². The Labute approximate surface area is 101 Å². The zero-order valence-electron chi connectivity index (χ0n) is 9.70. The SMILES string of the molecule is COc1ccc([C@H](O)[C@H](CO)S(C)(=O)=O)cc1. The molecule has 96 valence electrons. The lowest BCUT2D eigenvalue weighted by Gasteiger charge is -2.19. The van der Waals surface area contributed by atoms with E-state index in [0.717, 1.165) is 6.26 Å². The fraction of sp³-hybridized carbons (Fsp3) is 0.455. The molecule has 0 spiro atoms. The number of aliphatic hydroxyl groups excluding tert-OH is 2. The number of hydrogen-bond acceptors (Lipinski definition) is 5. The van der Waals surface area contributed by atoms with E-state index < -0.39 is 27.8 Å². The zero-order chi connectivity index (χ0) is 13.1. The summed E-state index contributed by atoms with van der Waals surface area (Å²) in [5.74, 6) is 0.612.